The zero-order chi connectivity index (χ0) is 21.3. The molecule has 9 atom stereocenters. The van der Waals surface area contributed by atoms with E-state index in [0.717, 1.165) is 6.26 Å². The number of aliphatic hydroxyl groups is 6. The molecule has 1 saturated heterocycles. The molecular weight excluding hydrogens is 392 g/mol. The van der Waals surface area contributed by atoms with Gasteiger partial charge in [0.2, 0.25) is 6.29 Å². The number of carbonyl (C=O) groups is 1. The van der Waals surface area contributed by atoms with Crippen LogP contribution in [0.15, 0.2) is 23.5 Å². The lowest BCUT2D eigenvalue weighted by atomic mass is 9.79. The van der Waals surface area contributed by atoms with Crippen molar-refractivity contribution in [3.63, 3.8) is 0 Å². The number of fused-ring (bicyclic) bond motifs is 1. The van der Waals surface area contributed by atoms with Crippen molar-refractivity contribution >= 4 is 5.97 Å². The van der Waals surface area contributed by atoms with E-state index in [-0.39, 0.29) is 18.8 Å². The molecule has 3 aliphatic rings. The van der Waals surface area contributed by atoms with Crippen LogP contribution >= 0.6 is 0 Å². The molecule has 9 unspecified atom stereocenters. The van der Waals surface area contributed by atoms with Gasteiger partial charge in [-0.1, -0.05) is 6.08 Å². The van der Waals surface area contributed by atoms with Crippen molar-refractivity contribution < 1.29 is 54.4 Å². The van der Waals surface area contributed by atoms with Gasteiger partial charge in [-0.2, -0.15) is 0 Å². The van der Waals surface area contributed by atoms with Crippen molar-refractivity contribution in [2.24, 2.45) is 17.8 Å². The van der Waals surface area contributed by atoms with Gasteiger partial charge in [-0.3, -0.25) is 0 Å². The van der Waals surface area contributed by atoms with Gasteiger partial charge in [-0.05, 0) is 5.57 Å². The highest BCUT2D eigenvalue weighted by Gasteiger charge is 2.52. The molecule has 29 heavy (non-hydrogen) atoms. The van der Waals surface area contributed by atoms with E-state index in [2.05, 4.69) is 0 Å². The van der Waals surface area contributed by atoms with Crippen LogP contribution in [0.1, 0.15) is 0 Å². The second-order valence-corrected chi connectivity index (χ2v) is 7.20. The summed E-state index contributed by atoms with van der Waals surface area (Å²) in [5.74, 6) is -2.48. The Kier molecular flexibility index (Phi) is 6.91. The maximum Gasteiger partial charge on any atom is 0.337 e. The van der Waals surface area contributed by atoms with E-state index in [1.54, 1.807) is 6.08 Å². The summed E-state index contributed by atoms with van der Waals surface area (Å²) in [5.41, 5.74) is 0.614. The van der Waals surface area contributed by atoms with Gasteiger partial charge >= 0.3 is 5.97 Å². The predicted octanol–water partition coefficient (Wildman–Crippen LogP) is -3.01. The van der Waals surface area contributed by atoms with E-state index in [0.29, 0.717) is 5.57 Å². The van der Waals surface area contributed by atoms with Gasteiger partial charge in [0.1, 0.15) is 24.4 Å². The van der Waals surface area contributed by atoms with Crippen molar-refractivity contribution in [2.45, 2.75) is 37.0 Å². The third-order valence-electron chi connectivity index (χ3n) is 5.62. The zero-order valence-electron chi connectivity index (χ0n) is 15.7. The Morgan fingerprint density at radius 2 is 1.76 bits per heavy atom. The Morgan fingerprint density at radius 1 is 1.03 bits per heavy atom. The predicted molar refractivity (Wildman–Crippen MR) is 92.5 cm³/mol. The molecule has 3 rings (SSSR count). The molecule has 0 amide bonds. The molecule has 2 aliphatic heterocycles. The van der Waals surface area contributed by atoms with Crippen molar-refractivity contribution in [3.05, 3.63) is 23.5 Å². The SMILES string of the molecule is COC(=O)C1=COC(OC2OC(CO)C(O)C(O)C2O)C2C(CO)=CC(CO)C12. The fraction of sp³-hybridized carbons (Fsp3) is 0.722. The molecule has 2 heterocycles. The van der Waals surface area contributed by atoms with Crippen molar-refractivity contribution in [3.8, 4) is 0 Å². The number of carbonyl (C=O) groups excluding carboxylic acids is 1. The largest absolute Gasteiger partial charge is 0.471 e. The first kappa shape index (κ1) is 22.1. The lowest BCUT2D eigenvalue weighted by Crippen LogP contribution is -2.60. The van der Waals surface area contributed by atoms with E-state index < -0.39 is 67.3 Å². The molecule has 0 radical (unpaired) electrons. The van der Waals surface area contributed by atoms with Crippen LogP contribution in [0.25, 0.3) is 0 Å². The first-order valence-electron chi connectivity index (χ1n) is 9.20. The molecule has 6 N–H and O–H groups in total. The maximum absolute atomic E-state index is 12.1. The van der Waals surface area contributed by atoms with E-state index in [1.807, 2.05) is 0 Å². The Morgan fingerprint density at radius 3 is 2.34 bits per heavy atom. The molecule has 11 nitrogen and oxygen atoms in total. The summed E-state index contributed by atoms with van der Waals surface area (Å²) in [7, 11) is 1.21. The quantitative estimate of drug-likeness (QED) is 0.191. The van der Waals surface area contributed by atoms with E-state index in [1.165, 1.54) is 7.11 Å². The zero-order valence-corrected chi connectivity index (χ0v) is 15.7. The fourth-order valence-corrected chi connectivity index (χ4v) is 4.11. The molecule has 0 spiro atoms. The Balaban J connectivity index is 1.87. The van der Waals surface area contributed by atoms with Crippen LogP contribution in [0.2, 0.25) is 0 Å². The van der Waals surface area contributed by atoms with Gasteiger partial charge in [0, 0.05) is 18.4 Å². The minimum Gasteiger partial charge on any atom is -0.471 e. The third kappa shape index (κ3) is 3.92. The van der Waals surface area contributed by atoms with Gasteiger partial charge in [-0.25, -0.2) is 4.79 Å². The Labute approximate surface area is 166 Å². The molecule has 0 aromatic rings. The van der Waals surface area contributed by atoms with Gasteiger partial charge < -0.3 is 49.6 Å². The van der Waals surface area contributed by atoms with Gasteiger partial charge in [0.15, 0.2) is 6.29 Å². The first-order chi connectivity index (χ1) is 13.9. The monoisotopic (exact) mass is 418 g/mol. The second kappa shape index (κ2) is 9.06. The number of hydrogen-bond donors (Lipinski definition) is 6. The minimum atomic E-state index is -1.64. The van der Waals surface area contributed by atoms with Crippen LogP contribution in [-0.2, 0) is 23.7 Å². The van der Waals surface area contributed by atoms with Crippen molar-refractivity contribution in [1.29, 1.82) is 0 Å². The average Bonchev–Trinajstić information content (AvgIpc) is 3.13. The number of methoxy groups -OCH3 is 1. The molecule has 164 valence electrons. The molecule has 1 aliphatic carbocycles. The number of hydrogen-bond acceptors (Lipinski definition) is 11. The van der Waals surface area contributed by atoms with Crippen LogP contribution < -0.4 is 0 Å². The van der Waals surface area contributed by atoms with Crippen LogP contribution in [0.5, 0.6) is 0 Å². The van der Waals surface area contributed by atoms with Gasteiger partial charge in [0.05, 0.1) is 38.1 Å². The average molecular weight is 418 g/mol. The molecule has 0 aromatic carbocycles. The molecule has 0 bridgehead atoms. The van der Waals surface area contributed by atoms with Crippen molar-refractivity contribution in [2.75, 3.05) is 26.9 Å². The number of esters is 1. The molecule has 1 fully saturated rings. The lowest BCUT2D eigenvalue weighted by molar-refractivity contribution is -0.340. The normalized spacial score (nSPS) is 41.8. The first-order valence-corrected chi connectivity index (χ1v) is 9.20. The molecule has 0 saturated carbocycles. The minimum absolute atomic E-state index is 0.157. The summed E-state index contributed by atoms with van der Waals surface area (Å²) in [6.45, 7) is -1.31. The Bertz CT molecular complexity index is 660. The fourth-order valence-electron chi connectivity index (χ4n) is 4.11. The molecule has 11 heteroatoms. The highest BCUT2D eigenvalue weighted by molar-refractivity contribution is 5.89. The Hall–Kier alpha value is -1.57. The number of rotatable bonds is 6. The standard InChI is InChI=1S/C18H26O11/c1-26-16(25)9-6-27-17(12-8(4-20)2-7(3-19)11(9)12)29-18-15(24)14(23)13(22)10(5-21)28-18/h2,6-7,10-15,17-24H,3-5H2,1H3. The summed E-state index contributed by atoms with van der Waals surface area (Å²) < 4.78 is 21.3. The number of aliphatic hydroxyl groups excluding tert-OH is 6. The maximum atomic E-state index is 12.1. The smallest absolute Gasteiger partial charge is 0.337 e. The van der Waals surface area contributed by atoms with E-state index in [4.69, 9.17) is 18.9 Å². The van der Waals surface area contributed by atoms with Crippen LogP contribution in [0.3, 0.4) is 0 Å². The van der Waals surface area contributed by atoms with Gasteiger partial charge in [0.25, 0.3) is 0 Å². The van der Waals surface area contributed by atoms with Crippen LogP contribution in [-0.4, -0.2) is 101 Å². The lowest BCUT2D eigenvalue weighted by Gasteiger charge is -2.43. The second-order valence-electron chi connectivity index (χ2n) is 7.20. The molecular formula is C18H26O11. The summed E-state index contributed by atoms with van der Waals surface area (Å²) in [5, 5.41) is 58.8. The summed E-state index contributed by atoms with van der Waals surface area (Å²) >= 11 is 0. The van der Waals surface area contributed by atoms with Crippen molar-refractivity contribution in [1.82, 2.24) is 0 Å². The topological polar surface area (TPSA) is 175 Å². The van der Waals surface area contributed by atoms with E-state index >= 15 is 0 Å². The van der Waals surface area contributed by atoms with Crippen LogP contribution in [0.4, 0.5) is 0 Å². The molecule has 0 aromatic heterocycles. The summed E-state index contributed by atoms with van der Waals surface area (Å²) in [6.07, 6.45) is -5.82. The third-order valence-corrected chi connectivity index (χ3v) is 5.62. The summed E-state index contributed by atoms with van der Waals surface area (Å²) in [4.78, 5) is 12.1. The van der Waals surface area contributed by atoms with E-state index in [9.17, 15) is 35.4 Å². The number of ether oxygens (including phenoxy) is 4. The summed E-state index contributed by atoms with van der Waals surface area (Å²) in [6, 6.07) is 0. The highest BCUT2D eigenvalue weighted by atomic mass is 16.8. The van der Waals surface area contributed by atoms with Gasteiger partial charge in [-0.15, -0.1) is 0 Å². The van der Waals surface area contributed by atoms with Crippen LogP contribution in [0, 0.1) is 17.8 Å². The highest BCUT2D eigenvalue weighted by Crippen LogP contribution is 2.47.